The Morgan fingerprint density at radius 2 is 1.75 bits per heavy atom. The predicted octanol–water partition coefficient (Wildman–Crippen LogP) is 5.56. The molecule has 2 N–H and O–H groups in total. The second-order valence-corrected chi connectivity index (χ2v) is 10.9. The first kappa shape index (κ1) is 30.8. The van der Waals surface area contributed by atoms with E-state index in [1.165, 1.54) is 0 Å². The van der Waals surface area contributed by atoms with Crippen molar-refractivity contribution in [2.24, 2.45) is 0 Å². The van der Waals surface area contributed by atoms with E-state index in [-0.39, 0.29) is 29.6 Å². The summed E-state index contributed by atoms with van der Waals surface area (Å²) in [6.45, 7) is 0.587. The minimum Gasteiger partial charge on any atom is -0.486 e. The smallest absolute Gasteiger partial charge is 0.427 e. The number of nitrogens with zero attached hydrogens (tertiary/aromatic N) is 1. The van der Waals surface area contributed by atoms with Gasteiger partial charge in [-0.05, 0) is 56.7 Å². The van der Waals surface area contributed by atoms with Crippen LogP contribution in [-0.2, 0) is 25.7 Å². The maximum Gasteiger partial charge on any atom is 0.427 e. The average Bonchev–Trinajstić information content (AvgIpc) is 2.80. The summed E-state index contributed by atoms with van der Waals surface area (Å²) in [7, 11) is -4.89. The third-order valence-electron chi connectivity index (χ3n) is 5.68. The monoisotopic (exact) mass is 602 g/mol. The molecule has 3 rings (SSSR count). The summed E-state index contributed by atoms with van der Waals surface area (Å²) < 4.78 is 130. The molecular weight excluding hydrogens is 581 g/mol. The maximum absolute atomic E-state index is 13.8. The summed E-state index contributed by atoms with van der Waals surface area (Å²) in [6, 6.07) is 4.18. The number of nitrogens with one attached hydrogen (secondary N) is 1. The first-order valence-corrected chi connectivity index (χ1v) is 12.6. The van der Waals surface area contributed by atoms with Gasteiger partial charge in [0.1, 0.15) is 17.7 Å². The molecule has 0 saturated carbocycles. The maximum atomic E-state index is 13.8. The summed E-state index contributed by atoms with van der Waals surface area (Å²) in [5.74, 6) is -3.16. The van der Waals surface area contributed by atoms with Crippen molar-refractivity contribution in [1.82, 2.24) is 0 Å². The predicted molar refractivity (Wildman–Crippen MR) is 124 cm³/mol. The van der Waals surface area contributed by atoms with Gasteiger partial charge < -0.3 is 14.6 Å². The Labute approximate surface area is 222 Å². The summed E-state index contributed by atoms with van der Waals surface area (Å²) in [5, 5.41) is 11.0. The minimum atomic E-state index is -5.23. The van der Waals surface area contributed by atoms with Crippen molar-refractivity contribution in [3.8, 4) is 5.75 Å². The number of amides is 1. The van der Waals surface area contributed by atoms with Crippen molar-refractivity contribution in [3.05, 3.63) is 47.8 Å². The lowest BCUT2D eigenvalue weighted by atomic mass is 10.1. The van der Waals surface area contributed by atoms with E-state index in [0.29, 0.717) is 30.3 Å². The molecule has 9 nitrogen and oxygen atoms in total. The third-order valence-corrected chi connectivity index (χ3v) is 7.45. The van der Waals surface area contributed by atoms with Crippen LogP contribution in [-0.4, -0.2) is 50.0 Å². The number of carboxylic acids is 1. The molecule has 1 amide bonds. The number of alkyl halides is 6. The quantitative estimate of drug-likeness (QED) is 0.398. The molecule has 1 aliphatic heterocycles. The second-order valence-electron chi connectivity index (χ2n) is 9.05. The molecule has 17 heteroatoms. The van der Waals surface area contributed by atoms with Gasteiger partial charge in [0.05, 0.1) is 22.7 Å². The van der Waals surface area contributed by atoms with Crippen molar-refractivity contribution in [1.29, 1.82) is 0 Å². The Hall–Kier alpha value is -3.76. The number of rotatable bonds is 7. The number of anilines is 2. The number of carbonyl (C=O) groups excluding carboxylic acids is 1. The molecule has 0 aromatic heterocycles. The fourth-order valence-corrected chi connectivity index (χ4v) is 5.02. The standard InChI is InChI=1S/C23H21F7N2O7S/c1-21(2,23(28,29)30)39-20(35)31-12-3-7-18-17(9-12)32(11-13(38-18)4-8-19(33)34)40(36,37)14-5-6-16(24)15(10-14)22(25,26)27/h3,5-7,9-10,13H,4,8,11H2,1-2H3,(H,31,35)(H,33,34)/t13-/m0/s1. The highest BCUT2D eigenvalue weighted by molar-refractivity contribution is 7.92. The zero-order valence-corrected chi connectivity index (χ0v) is 21.4. The lowest BCUT2D eigenvalue weighted by molar-refractivity contribution is -0.242. The number of ether oxygens (including phenoxy) is 2. The van der Waals surface area contributed by atoms with E-state index in [4.69, 9.17) is 9.84 Å². The van der Waals surface area contributed by atoms with Crippen molar-refractivity contribution in [3.63, 3.8) is 0 Å². The zero-order valence-electron chi connectivity index (χ0n) is 20.6. The highest BCUT2D eigenvalue weighted by atomic mass is 32.2. The van der Waals surface area contributed by atoms with E-state index in [1.807, 2.05) is 5.32 Å². The van der Waals surface area contributed by atoms with E-state index < -0.39 is 75.4 Å². The Balaban J connectivity index is 2.03. The van der Waals surface area contributed by atoms with Crippen molar-refractivity contribution in [2.75, 3.05) is 16.2 Å². The molecule has 220 valence electrons. The minimum absolute atomic E-state index is 0.0880. The van der Waals surface area contributed by atoms with Gasteiger partial charge in [0, 0.05) is 12.1 Å². The molecule has 0 unspecified atom stereocenters. The fourth-order valence-electron chi connectivity index (χ4n) is 3.49. The van der Waals surface area contributed by atoms with Gasteiger partial charge in [0.15, 0.2) is 0 Å². The number of benzene rings is 2. The summed E-state index contributed by atoms with van der Waals surface area (Å²) in [6.07, 6.45) is -13.5. The Morgan fingerprint density at radius 3 is 2.33 bits per heavy atom. The van der Waals surface area contributed by atoms with Crippen LogP contribution in [0.2, 0.25) is 0 Å². The Kier molecular flexibility index (Phi) is 8.21. The van der Waals surface area contributed by atoms with Gasteiger partial charge in [0.25, 0.3) is 10.0 Å². The number of fused-ring (bicyclic) bond motifs is 1. The average molecular weight is 602 g/mol. The van der Waals surface area contributed by atoms with E-state index in [2.05, 4.69) is 4.74 Å². The summed E-state index contributed by atoms with van der Waals surface area (Å²) >= 11 is 0. The summed E-state index contributed by atoms with van der Waals surface area (Å²) in [4.78, 5) is 22.2. The zero-order chi connectivity index (χ0) is 30.3. The molecule has 0 aliphatic carbocycles. The van der Waals surface area contributed by atoms with Crippen LogP contribution >= 0.6 is 0 Å². The molecule has 1 heterocycles. The number of sulfonamides is 1. The van der Waals surface area contributed by atoms with Crippen molar-refractivity contribution < 1.29 is 63.3 Å². The van der Waals surface area contributed by atoms with Crippen molar-refractivity contribution >= 4 is 33.5 Å². The third kappa shape index (κ3) is 6.68. The number of hydrogen-bond donors (Lipinski definition) is 2. The van der Waals surface area contributed by atoms with E-state index in [9.17, 15) is 48.7 Å². The van der Waals surface area contributed by atoms with E-state index in [1.54, 1.807) is 0 Å². The van der Waals surface area contributed by atoms with Crippen LogP contribution in [0, 0.1) is 5.82 Å². The Morgan fingerprint density at radius 1 is 1.10 bits per heavy atom. The van der Waals surface area contributed by atoms with Gasteiger partial charge in [0.2, 0.25) is 5.60 Å². The van der Waals surface area contributed by atoms with Gasteiger partial charge in [-0.1, -0.05) is 0 Å². The molecule has 0 bridgehead atoms. The van der Waals surface area contributed by atoms with Crippen LogP contribution in [0.15, 0.2) is 41.3 Å². The normalized spacial score (nSPS) is 16.1. The van der Waals surface area contributed by atoms with E-state index in [0.717, 1.165) is 18.2 Å². The fraction of sp³-hybridized carbons (Fsp3) is 0.391. The molecule has 0 fully saturated rings. The molecule has 2 aromatic carbocycles. The molecule has 2 aromatic rings. The van der Waals surface area contributed by atoms with Crippen LogP contribution < -0.4 is 14.4 Å². The van der Waals surface area contributed by atoms with Gasteiger partial charge in [-0.3, -0.25) is 14.4 Å². The highest BCUT2D eigenvalue weighted by Crippen LogP contribution is 2.41. The van der Waals surface area contributed by atoms with Gasteiger partial charge in [-0.15, -0.1) is 0 Å². The molecule has 40 heavy (non-hydrogen) atoms. The van der Waals surface area contributed by atoms with Gasteiger partial charge in [-0.25, -0.2) is 17.6 Å². The lowest BCUT2D eigenvalue weighted by Gasteiger charge is -2.36. The lowest BCUT2D eigenvalue weighted by Crippen LogP contribution is -2.44. The second kappa shape index (κ2) is 10.7. The van der Waals surface area contributed by atoms with Gasteiger partial charge in [-0.2, -0.15) is 26.3 Å². The van der Waals surface area contributed by atoms with Crippen LogP contribution in [0.3, 0.4) is 0 Å². The SMILES string of the molecule is CC(C)(OC(=O)Nc1ccc2c(c1)N(S(=O)(=O)c1ccc(F)c(C(F)(F)F)c1)C[C@H](CCC(=O)O)O2)C(F)(F)F. The Bertz CT molecular complexity index is 1410. The molecule has 0 saturated heterocycles. The van der Waals surface area contributed by atoms with Gasteiger partial charge >= 0.3 is 24.4 Å². The number of carbonyl (C=O) groups is 2. The number of hydrogen-bond acceptors (Lipinski definition) is 6. The van der Waals surface area contributed by atoms with Crippen molar-refractivity contribution in [2.45, 2.75) is 55.6 Å². The highest BCUT2D eigenvalue weighted by Gasteiger charge is 2.51. The largest absolute Gasteiger partial charge is 0.486 e. The first-order chi connectivity index (χ1) is 18.2. The number of aliphatic carboxylic acids is 1. The molecular formula is C23H21F7N2O7S. The number of carboxylic acid groups (broad SMARTS) is 1. The van der Waals surface area contributed by atoms with Crippen LogP contribution in [0.25, 0.3) is 0 Å². The first-order valence-electron chi connectivity index (χ1n) is 11.2. The number of halogens is 7. The topological polar surface area (TPSA) is 122 Å². The molecule has 0 spiro atoms. The molecule has 1 atom stereocenters. The summed E-state index contributed by atoms with van der Waals surface area (Å²) in [5.41, 5.74) is -5.36. The molecule has 0 radical (unpaired) electrons. The van der Waals surface area contributed by atoms with Crippen LogP contribution in [0.5, 0.6) is 5.75 Å². The molecule has 1 aliphatic rings. The van der Waals surface area contributed by atoms with E-state index >= 15 is 0 Å². The van der Waals surface area contributed by atoms with Crippen LogP contribution in [0.1, 0.15) is 32.3 Å². The van der Waals surface area contributed by atoms with Crippen LogP contribution in [0.4, 0.5) is 46.9 Å².